The number of anilines is 2. The van der Waals surface area contributed by atoms with Crippen LogP contribution in [0.2, 0.25) is 10.0 Å². The molecule has 7 heteroatoms. The molecule has 156 valence electrons. The normalized spacial score (nSPS) is 15.3. The number of rotatable bonds is 6. The molecule has 3 N–H and O–H groups in total. The zero-order valence-corrected chi connectivity index (χ0v) is 18.7. The Balaban J connectivity index is 1.38. The van der Waals surface area contributed by atoms with E-state index in [1.807, 2.05) is 29.6 Å². The smallest absolute Gasteiger partial charge is 0.196 e. The topological polar surface area (TPSA) is 58.4 Å². The second kappa shape index (κ2) is 9.40. The first-order valence-corrected chi connectivity index (χ1v) is 11.5. The second-order valence-corrected chi connectivity index (χ2v) is 9.32. The van der Waals surface area contributed by atoms with Gasteiger partial charge in [-0.3, -0.25) is 9.69 Å². The number of carbonyl (C=O) groups is 1. The van der Waals surface area contributed by atoms with Crippen LogP contribution in [-0.4, -0.2) is 29.8 Å². The number of carbonyl (C=O) groups excluding carboxylic acids is 1. The summed E-state index contributed by atoms with van der Waals surface area (Å²) >= 11 is 13.3. The molecule has 0 aliphatic carbocycles. The van der Waals surface area contributed by atoms with Crippen LogP contribution in [0.25, 0.3) is 0 Å². The van der Waals surface area contributed by atoms with Crippen LogP contribution in [0.5, 0.6) is 0 Å². The molecule has 0 spiro atoms. The van der Waals surface area contributed by atoms with Crippen LogP contribution in [0.1, 0.15) is 34.3 Å². The van der Waals surface area contributed by atoms with Gasteiger partial charge in [0.25, 0.3) is 0 Å². The SMILES string of the molecule is Nc1scc(CN2CCC(Nc3ccc(Cl)cc3)CC2)c1C(=O)c1ccc(Cl)cc1. The summed E-state index contributed by atoms with van der Waals surface area (Å²) in [6.45, 7) is 2.67. The number of hydrogen-bond acceptors (Lipinski definition) is 5. The third kappa shape index (κ3) is 4.98. The fraction of sp³-hybridized carbons (Fsp3) is 0.261. The molecule has 1 aliphatic rings. The van der Waals surface area contributed by atoms with E-state index in [1.54, 1.807) is 24.3 Å². The average molecular weight is 460 g/mol. The Morgan fingerprint density at radius 2 is 1.63 bits per heavy atom. The van der Waals surface area contributed by atoms with Crippen molar-refractivity contribution in [2.24, 2.45) is 0 Å². The lowest BCUT2D eigenvalue weighted by Gasteiger charge is -2.33. The van der Waals surface area contributed by atoms with Crippen LogP contribution in [0.3, 0.4) is 0 Å². The quantitative estimate of drug-likeness (QED) is 0.447. The van der Waals surface area contributed by atoms with Crippen LogP contribution in [0.4, 0.5) is 10.7 Å². The first kappa shape index (κ1) is 21.2. The molecule has 0 unspecified atom stereocenters. The Hall–Kier alpha value is -2.05. The van der Waals surface area contributed by atoms with Gasteiger partial charge in [0.1, 0.15) is 0 Å². The van der Waals surface area contributed by atoms with Gasteiger partial charge in [-0.2, -0.15) is 0 Å². The number of hydrogen-bond donors (Lipinski definition) is 2. The maximum atomic E-state index is 13.0. The van der Waals surface area contributed by atoms with E-state index in [2.05, 4.69) is 10.2 Å². The number of nitrogen functional groups attached to an aromatic ring is 1. The van der Waals surface area contributed by atoms with Crippen molar-refractivity contribution >= 4 is 51.0 Å². The second-order valence-electron chi connectivity index (χ2n) is 7.54. The molecule has 1 aromatic heterocycles. The van der Waals surface area contributed by atoms with Crippen molar-refractivity contribution in [2.45, 2.75) is 25.4 Å². The van der Waals surface area contributed by atoms with Crippen molar-refractivity contribution in [3.8, 4) is 0 Å². The molecular formula is C23H23Cl2N3OS. The molecule has 0 amide bonds. The number of thiophene rings is 1. The third-order valence-electron chi connectivity index (χ3n) is 5.43. The van der Waals surface area contributed by atoms with Gasteiger partial charge in [0.05, 0.1) is 10.6 Å². The summed E-state index contributed by atoms with van der Waals surface area (Å²) in [5, 5.41) is 7.52. The van der Waals surface area contributed by atoms with Crippen LogP contribution in [0, 0.1) is 0 Å². The van der Waals surface area contributed by atoms with Gasteiger partial charge < -0.3 is 11.1 Å². The minimum atomic E-state index is -0.0419. The standard InChI is InChI=1S/C23H23Cl2N3OS/c24-17-3-1-15(2-4-17)22(29)21-16(14-30-23(21)26)13-28-11-9-20(10-12-28)27-19-7-5-18(25)6-8-19/h1-8,14,20,27H,9-13,26H2. The van der Waals surface area contributed by atoms with E-state index >= 15 is 0 Å². The summed E-state index contributed by atoms with van der Waals surface area (Å²) in [5.74, 6) is -0.0419. The first-order valence-electron chi connectivity index (χ1n) is 9.90. The summed E-state index contributed by atoms with van der Waals surface area (Å²) < 4.78 is 0. The zero-order chi connectivity index (χ0) is 21.1. The molecule has 0 radical (unpaired) electrons. The fourth-order valence-corrected chi connectivity index (χ4v) is 4.84. The largest absolute Gasteiger partial charge is 0.390 e. The maximum absolute atomic E-state index is 13.0. The van der Waals surface area contributed by atoms with Gasteiger partial charge in [0.15, 0.2) is 5.78 Å². The van der Waals surface area contributed by atoms with Gasteiger partial charge in [-0.1, -0.05) is 23.2 Å². The summed E-state index contributed by atoms with van der Waals surface area (Å²) in [4.78, 5) is 15.4. The molecule has 3 aromatic rings. The Morgan fingerprint density at radius 1 is 1.03 bits per heavy atom. The van der Waals surface area contributed by atoms with E-state index in [4.69, 9.17) is 28.9 Å². The molecule has 4 rings (SSSR count). The summed E-state index contributed by atoms with van der Waals surface area (Å²) in [7, 11) is 0. The van der Waals surface area contributed by atoms with Crippen molar-refractivity contribution < 1.29 is 4.79 Å². The molecule has 0 saturated carbocycles. The molecule has 4 nitrogen and oxygen atoms in total. The lowest BCUT2D eigenvalue weighted by molar-refractivity contribution is 0.103. The van der Waals surface area contributed by atoms with Gasteiger partial charge in [-0.15, -0.1) is 11.3 Å². The van der Waals surface area contributed by atoms with E-state index in [1.165, 1.54) is 11.3 Å². The highest BCUT2D eigenvalue weighted by Gasteiger charge is 2.24. The molecule has 0 bridgehead atoms. The molecule has 2 aromatic carbocycles. The first-order chi connectivity index (χ1) is 14.5. The fourth-order valence-electron chi connectivity index (χ4n) is 3.79. The summed E-state index contributed by atoms with van der Waals surface area (Å²) in [6, 6.07) is 15.2. The number of piperidine rings is 1. The lowest BCUT2D eigenvalue weighted by atomic mass is 10.00. The van der Waals surface area contributed by atoms with Crippen LogP contribution >= 0.6 is 34.5 Å². The number of nitrogens with one attached hydrogen (secondary N) is 1. The van der Waals surface area contributed by atoms with Gasteiger partial charge >= 0.3 is 0 Å². The molecule has 1 fully saturated rings. The van der Waals surface area contributed by atoms with Crippen molar-refractivity contribution in [1.82, 2.24) is 4.90 Å². The monoisotopic (exact) mass is 459 g/mol. The predicted octanol–water partition coefficient (Wildman–Crippen LogP) is 5.94. The Bertz CT molecular complexity index is 1010. The number of benzene rings is 2. The summed E-state index contributed by atoms with van der Waals surface area (Å²) in [6.07, 6.45) is 2.09. The van der Waals surface area contributed by atoms with Crippen molar-refractivity contribution in [1.29, 1.82) is 0 Å². The number of likely N-dealkylation sites (tertiary alicyclic amines) is 1. The molecule has 30 heavy (non-hydrogen) atoms. The van der Waals surface area contributed by atoms with E-state index < -0.39 is 0 Å². The average Bonchev–Trinajstić information content (AvgIpc) is 3.11. The molecule has 1 aliphatic heterocycles. The van der Waals surface area contributed by atoms with Crippen molar-refractivity contribution in [3.05, 3.63) is 80.6 Å². The minimum absolute atomic E-state index is 0.0419. The van der Waals surface area contributed by atoms with Crippen LogP contribution in [0.15, 0.2) is 53.9 Å². The highest BCUT2D eigenvalue weighted by atomic mass is 35.5. The third-order valence-corrected chi connectivity index (χ3v) is 6.79. The predicted molar refractivity (Wildman–Crippen MR) is 127 cm³/mol. The Morgan fingerprint density at radius 3 is 2.27 bits per heavy atom. The summed E-state index contributed by atoms with van der Waals surface area (Å²) in [5.41, 5.74) is 9.50. The number of ketones is 1. The van der Waals surface area contributed by atoms with E-state index in [0.717, 1.165) is 48.7 Å². The van der Waals surface area contributed by atoms with Crippen molar-refractivity contribution in [3.63, 3.8) is 0 Å². The lowest BCUT2D eigenvalue weighted by Crippen LogP contribution is -2.38. The number of nitrogens with two attached hydrogens (primary N) is 1. The number of halogens is 2. The highest BCUT2D eigenvalue weighted by molar-refractivity contribution is 7.14. The van der Waals surface area contributed by atoms with Gasteiger partial charge in [-0.25, -0.2) is 0 Å². The van der Waals surface area contributed by atoms with Crippen LogP contribution in [-0.2, 0) is 6.54 Å². The van der Waals surface area contributed by atoms with Gasteiger partial charge in [0.2, 0.25) is 0 Å². The molecular weight excluding hydrogens is 437 g/mol. The molecule has 0 atom stereocenters. The van der Waals surface area contributed by atoms with Gasteiger partial charge in [0, 0.05) is 47.0 Å². The van der Waals surface area contributed by atoms with E-state index in [-0.39, 0.29) is 5.78 Å². The molecule has 1 saturated heterocycles. The highest BCUT2D eigenvalue weighted by Crippen LogP contribution is 2.30. The number of nitrogens with zero attached hydrogens (tertiary/aromatic N) is 1. The maximum Gasteiger partial charge on any atom is 0.196 e. The van der Waals surface area contributed by atoms with Gasteiger partial charge in [-0.05, 0) is 72.3 Å². The van der Waals surface area contributed by atoms with Crippen LogP contribution < -0.4 is 11.1 Å². The Labute approximate surface area is 190 Å². The van der Waals surface area contributed by atoms with Crippen molar-refractivity contribution in [2.75, 3.05) is 24.1 Å². The Kier molecular flexibility index (Phi) is 6.64. The van der Waals surface area contributed by atoms with E-state index in [0.29, 0.717) is 27.2 Å². The minimum Gasteiger partial charge on any atom is -0.390 e. The zero-order valence-electron chi connectivity index (χ0n) is 16.4. The molecule has 2 heterocycles. The van der Waals surface area contributed by atoms with E-state index in [9.17, 15) is 4.79 Å².